The van der Waals surface area contributed by atoms with Crippen LogP contribution in [0.4, 0.5) is 6.01 Å². The first-order valence-electron chi connectivity index (χ1n) is 8.03. The Morgan fingerprint density at radius 2 is 1.89 bits per heavy atom. The summed E-state index contributed by atoms with van der Waals surface area (Å²) in [7, 11) is -3.31. The van der Waals surface area contributed by atoms with Crippen LogP contribution in [-0.2, 0) is 16.3 Å². The van der Waals surface area contributed by atoms with E-state index in [0.29, 0.717) is 22.9 Å². The summed E-state index contributed by atoms with van der Waals surface area (Å²) in [4.78, 5) is 12.7. The summed E-state index contributed by atoms with van der Waals surface area (Å²) in [5.41, 5.74) is 1.33. The van der Waals surface area contributed by atoms with Gasteiger partial charge in [0.2, 0.25) is 5.89 Å². The maximum atomic E-state index is 12.1. The fourth-order valence-corrected chi connectivity index (χ4v) is 3.82. The molecule has 11 heteroatoms. The van der Waals surface area contributed by atoms with Crippen molar-refractivity contribution in [3.63, 3.8) is 0 Å². The smallest absolute Gasteiger partial charge is 0.322 e. The Labute approximate surface area is 159 Å². The average molecular weight is 407 g/mol. The number of amides is 1. The normalized spacial score (nSPS) is 11.7. The molecule has 0 spiro atoms. The molecule has 0 atom stereocenters. The zero-order valence-corrected chi connectivity index (χ0v) is 16.5. The molecule has 0 radical (unpaired) electrons. The van der Waals surface area contributed by atoms with E-state index < -0.39 is 21.0 Å². The van der Waals surface area contributed by atoms with Crippen LogP contribution < -0.4 is 5.32 Å². The third kappa shape index (κ3) is 4.19. The van der Waals surface area contributed by atoms with Crippen molar-refractivity contribution in [2.75, 3.05) is 5.32 Å². The van der Waals surface area contributed by atoms with Crippen molar-refractivity contribution in [3.05, 3.63) is 46.3 Å². The Morgan fingerprint density at radius 1 is 1.19 bits per heavy atom. The SMILES string of the molecule is Cc1nnsc1C(=O)Nc1nnc(Cc2ccc(S(=O)(=O)C(C)C)cc2)o1. The number of carbonyl (C=O) groups excluding carboxylic acids is 1. The molecule has 0 saturated carbocycles. The molecular formula is C16H17N5O4S2. The summed E-state index contributed by atoms with van der Waals surface area (Å²) in [6, 6.07) is 6.49. The van der Waals surface area contributed by atoms with Crippen LogP contribution >= 0.6 is 11.5 Å². The van der Waals surface area contributed by atoms with Gasteiger partial charge in [0.05, 0.1) is 22.3 Å². The van der Waals surface area contributed by atoms with Crippen molar-refractivity contribution in [1.29, 1.82) is 0 Å². The molecule has 3 rings (SSSR count). The minimum absolute atomic E-state index is 0.0261. The van der Waals surface area contributed by atoms with Crippen LogP contribution in [0.1, 0.15) is 40.7 Å². The molecule has 1 amide bonds. The van der Waals surface area contributed by atoms with Gasteiger partial charge < -0.3 is 4.42 Å². The molecular weight excluding hydrogens is 390 g/mol. The van der Waals surface area contributed by atoms with E-state index in [0.717, 1.165) is 17.1 Å². The number of anilines is 1. The van der Waals surface area contributed by atoms with Crippen LogP contribution in [0.3, 0.4) is 0 Å². The monoisotopic (exact) mass is 407 g/mol. The topological polar surface area (TPSA) is 128 Å². The maximum Gasteiger partial charge on any atom is 0.322 e. The number of nitrogens with one attached hydrogen (secondary N) is 1. The number of rotatable bonds is 6. The van der Waals surface area contributed by atoms with Crippen molar-refractivity contribution in [1.82, 2.24) is 19.8 Å². The van der Waals surface area contributed by atoms with Gasteiger partial charge in [-0.2, -0.15) is 0 Å². The summed E-state index contributed by atoms with van der Waals surface area (Å²) in [6.07, 6.45) is 0.312. The third-order valence-electron chi connectivity index (χ3n) is 3.77. The van der Waals surface area contributed by atoms with Gasteiger partial charge in [0.1, 0.15) is 4.88 Å². The Balaban J connectivity index is 1.67. The van der Waals surface area contributed by atoms with E-state index in [1.807, 2.05) is 0 Å². The second-order valence-corrected chi connectivity index (χ2v) is 9.32. The molecule has 0 unspecified atom stereocenters. The van der Waals surface area contributed by atoms with E-state index in [9.17, 15) is 13.2 Å². The van der Waals surface area contributed by atoms with Crippen molar-refractivity contribution >= 4 is 33.3 Å². The van der Waals surface area contributed by atoms with E-state index >= 15 is 0 Å². The number of benzene rings is 1. The van der Waals surface area contributed by atoms with Crippen LogP contribution in [0, 0.1) is 6.92 Å². The van der Waals surface area contributed by atoms with Crippen LogP contribution in [0.5, 0.6) is 0 Å². The largest absolute Gasteiger partial charge is 0.407 e. The molecule has 0 fully saturated rings. The van der Waals surface area contributed by atoms with Crippen molar-refractivity contribution in [2.45, 2.75) is 37.3 Å². The maximum absolute atomic E-state index is 12.1. The molecule has 2 aromatic heterocycles. The highest BCUT2D eigenvalue weighted by Crippen LogP contribution is 2.19. The van der Waals surface area contributed by atoms with E-state index in [1.54, 1.807) is 45.0 Å². The lowest BCUT2D eigenvalue weighted by Gasteiger charge is -2.08. The van der Waals surface area contributed by atoms with Gasteiger partial charge in [-0.05, 0) is 50.0 Å². The number of sulfone groups is 1. The van der Waals surface area contributed by atoms with Crippen LogP contribution in [0.15, 0.2) is 33.6 Å². The second kappa shape index (κ2) is 7.53. The first-order chi connectivity index (χ1) is 12.8. The van der Waals surface area contributed by atoms with Crippen LogP contribution in [0.25, 0.3) is 0 Å². The molecule has 0 saturated heterocycles. The molecule has 27 heavy (non-hydrogen) atoms. The summed E-state index contributed by atoms with van der Waals surface area (Å²) in [5, 5.41) is 13.5. The van der Waals surface area contributed by atoms with Crippen LogP contribution in [0.2, 0.25) is 0 Å². The van der Waals surface area contributed by atoms with E-state index in [2.05, 4.69) is 25.1 Å². The van der Waals surface area contributed by atoms with Gasteiger partial charge in [-0.1, -0.05) is 21.7 Å². The number of aromatic nitrogens is 4. The molecule has 3 aromatic rings. The number of carbonyl (C=O) groups is 1. The Kier molecular flexibility index (Phi) is 5.33. The Bertz CT molecular complexity index is 1050. The summed E-state index contributed by atoms with van der Waals surface area (Å²) < 4.78 is 33.4. The molecule has 0 bridgehead atoms. The number of hydrogen-bond donors (Lipinski definition) is 1. The van der Waals surface area contributed by atoms with Gasteiger partial charge in [0, 0.05) is 0 Å². The van der Waals surface area contributed by atoms with Gasteiger partial charge >= 0.3 is 6.01 Å². The number of aryl methyl sites for hydroxylation is 1. The Hall–Kier alpha value is -2.66. The summed E-state index contributed by atoms with van der Waals surface area (Å²) >= 11 is 0.979. The molecule has 0 aliphatic carbocycles. The predicted octanol–water partition coefficient (Wildman–Crippen LogP) is 2.25. The standard InChI is InChI=1S/C16H17N5O4S2/c1-9(2)27(23,24)12-6-4-11(5-7-12)8-13-19-20-16(25-13)17-15(22)14-10(3)18-21-26-14/h4-7,9H,8H2,1-3H3,(H,17,20,22). The van der Waals surface area contributed by atoms with Gasteiger partial charge in [-0.25, -0.2) is 8.42 Å². The first kappa shape index (κ1) is 19.1. The van der Waals surface area contributed by atoms with Gasteiger partial charge in [-0.3, -0.25) is 10.1 Å². The molecule has 1 N–H and O–H groups in total. The molecule has 0 aliphatic heterocycles. The number of nitrogens with zero attached hydrogens (tertiary/aromatic N) is 4. The van der Waals surface area contributed by atoms with Crippen molar-refractivity contribution in [3.8, 4) is 0 Å². The second-order valence-electron chi connectivity index (χ2n) is 6.06. The fraction of sp³-hybridized carbons (Fsp3) is 0.312. The highest BCUT2D eigenvalue weighted by Gasteiger charge is 2.19. The number of hydrogen-bond acceptors (Lipinski definition) is 9. The molecule has 9 nitrogen and oxygen atoms in total. The lowest BCUT2D eigenvalue weighted by Crippen LogP contribution is -2.13. The zero-order valence-electron chi connectivity index (χ0n) is 14.8. The molecule has 0 aliphatic rings. The summed E-state index contributed by atoms with van der Waals surface area (Å²) in [5.74, 6) is -0.120. The fourth-order valence-electron chi connectivity index (χ4n) is 2.21. The predicted molar refractivity (Wildman–Crippen MR) is 98.5 cm³/mol. The third-order valence-corrected chi connectivity index (χ3v) is 6.77. The van der Waals surface area contributed by atoms with E-state index in [1.165, 1.54) is 0 Å². The Morgan fingerprint density at radius 3 is 2.48 bits per heavy atom. The van der Waals surface area contributed by atoms with Gasteiger partial charge in [0.25, 0.3) is 5.91 Å². The zero-order chi connectivity index (χ0) is 19.6. The summed E-state index contributed by atoms with van der Waals surface area (Å²) in [6.45, 7) is 4.96. The lowest BCUT2D eigenvalue weighted by molar-refractivity contribution is 0.102. The average Bonchev–Trinajstić information content (AvgIpc) is 3.24. The van der Waals surface area contributed by atoms with Crippen molar-refractivity contribution in [2.24, 2.45) is 0 Å². The van der Waals surface area contributed by atoms with Crippen molar-refractivity contribution < 1.29 is 17.6 Å². The molecule has 2 heterocycles. The lowest BCUT2D eigenvalue weighted by atomic mass is 10.1. The molecule has 142 valence electrons. The first-order valence-corrected chi connectivity index (χ1v) is 10.3. The highest BCUT2D eigenvalue weighted by molar-refractivity contribution is 7.92. The molecule has 1 aromatic carbocycles. The van der Waals surface area contributed by atoms with E-state index in [-0.39, 0.29) is 10.9 Å². The van der Waals surface area contributed by atoms with Gasteiger partial charge in [-0.15, -0.1) is 10.2 Å². The minimum atomic E-state index is -3.31. The quantitative estimate of drug-likeness (QED) is 0.659. The van der Waals surface area contributed by atoms with E-state index in [4.69, 9.17) is 4.42 Å². The highest BCUT2D eigenvalue weighted by atomic mass is 32.2. The van der Waals surface area contributed by atoms with Crippen LogP contribution in [-0.4, -0.2) is 39.4 Å². The minimum Gasteiger partial charge on any atom is -0.407 e. The van der Waals surface area contributed by atoms with Gasteiger partial charge in [0.15, 0.2) is 9.84 Å².